The van der Waals surface area contributed by atoms with E-state index in [1.807, 2.05) is 0 Å². The largest absolute Gasteiger partial charge is 0.478 e. The zero-order valence-electron chi connectivity index (χ0n) is 19.2. The van der Waals surface area contributed by atoms with Gasteiger partial charge in [0.25, 0.3) is 17.5 Å². The van der Waals surface area contributed by atoms with Crippen molar-refractivity contribution in [2.24, 2.45) is 0 Å². The van der Waals surface area contributed by atoms with Crippen molar-refractivity contribution in [1.29, 1.82) is 0 Å². The smallest absolute Gasteiger partial charge is 0.335 e. The Kier molecular flexibility index (Phi) is 5.48. The average molecular weight is 495 g/mol. The van der Waals surface area contributed by atoms with E-state index in [-0.39, 0.29) is 50.2 Å². The monoisotopic (exact) mass is 495 g/mol. The fourth-order valence-corrected chi connectivity index (χ4v) is 4.54. The van der Waals surface area contributed by atoms with E-state index in [9.17, 15) is 34.4 Å². The Hall–Kier alpha value is -5.38. The molecule has 37 heavy (non-hydrogen) atoms. The summed E-state index contributed by atoms with van der Waals surface area (Å²) in [6.45, 7) is 1.35. The van der Waals surface area contributed by atoms with Gasteiger partial charge in [-0.05, 0) is 53.4 Å². The van der Waals surface area contributed by atoms with Crippen molar-refractivity contribution in [3.63, 3.8) is 0 Å². The first-order valence-corrected chi connectivity index (χ1v) is 11.0. The number of nitrogens with zero attached hydrogens (tertiary/aromatic N) is 2. The number of benzene rings is 4. The molecule has 0 fully saturated rings. The third-order valence-electron chi connectivity index (χ3n) is 6.05. The number of carbonyl (C=O) groups is 4. The van der Waals surface area contributed by atoms with E-state index in [4.69, 9.17) is 0 Å². The van der Waals surface area contributed by atoms with Crippen molar-refractivity contribution in [2.45, 2.75) is 6.92 Å². The molecule has 0 atom stereocenters. The number of nitro groups is 1. The molecule has 10 nitrogen and oxygen atoms in total. The molecule has 0 bridgehead atoms. The van der Waals surface area contributed by atoms with Gasteiger partial charge in [0.1, 0.15) is 0 Å². The summed E-state index contributed by atoms with van der Waals surface area (Å²) in [4.78, 5) is 62.3. The van der Waals surface area contributed by atoms with Crippen molar-refractivity contribution in [2.75, 3.05) is 10.2 Å². The highest BCUT2D eigenvalue weighted by Crippen LogP contribution is 2.43. The number of carbonyl (C=O) groups excluding carboxylic acids is 3. The number of anilines is 2. The molecule has 0 saturated heterocycles. The van der Waals surface area contributed by atoms with E-state index < -0.39 is 28.4 Å². The molecule has 0 aromatic heterocycles. The molecular weight excluding hydrogens is 478 g/mol. The number of rotatable bonds is 5. The van der Waals surface area contributed by atoms with Crippen LogP contribution in [0.15, 0.2) is 72.8 Å². The molecular formula is C27H17N3O7. The van der Waals surface area contributed by atoms with Crippen LogP contribution in [0.5, 0.6) is 0 Å². The molecule has 0 radical (unpaired) electrons. The lowest BCUT2D eigenvalue weighted by molar-refractivity contribution is -0.384. The van der Waals surface area contributed by atoms with Crippen LogP contribution < -0.4 is 10.2 Å². The molecule has 10 heteroatoms. The quantitative estimate of drug-likeness (QED) is 0.228. The van der Waals surface area contributed by atoms with Crippen LogP contribution in [0.25, 0.3) is 21.9 Å². The molecule has 1 aliphatic heterocycles. The fourth-order valence-electron chi connectivity index (χ4n) is 4.54. The Labute approximate surface area is 208 Å². The lowest BCUT2D eigenvalue weighted by Gasteiger charge is -2.28. The molecule has 182 valence electrons. The fraction of sp³-hybridized carbons (Fsp3) is 0.0370. The Balaban J connectivity index is 1.73. The van der Waals surface area contributed by atoms with Crippen LogP contribution in [-0.4, -0.2) is 33.7 Å². The number of carboxylic acids is 1. The van der Waals surface area contributed by atoms with E-state index in [0.29, 0.717) is 5.69 Å². The summed E-state index contributed by atoms with van der Waals surface area (Å²) in [5.41, 5.74) is 0.768. The second kappa shape index (κ2) is 8.68. The molecule has 5 rings (SSSR count). The van der Waals surface area contributed by atoms with Crippen LogP contribution in [0.3, 0.4) is 0 Å². The summed E-state index contributed by atoms with van der Waals surface area (Å²) in [6.07, 6.45) is 0. The number of nitrogens with one attached hydrogen (secondary N) is 1. The molecule has 0 spiro atoms. The van der Waals surface area contributed by atoms with Gasteiger partial charge < -0.3 is 10.4 Å². The van der Waals surface area contributed by atoms with Crippen LogP contribution >= 0.6 is 0 Å². The number of aromatic carboxylic acids is 1. The number of carboxylic acid groups (broad SMARTS) is 1. The lowest BCUT2D eigenvalue weighted by atomic mass is 9.87. The van der Waals surface area contributed by atoms with E-state index in [1.165, 1.54) is 55.5 Å². The van der Waals surface area contributed by atoms with Gasteiger partial charge in [0, 0.05) is 29.6 Å². The number of nitro benzene ring substituents is 1. The third kappa shape index (κ3) is 3.86. The van der Waals surface area contributed by atoms with Crippen LogP contribution in [-0.2, 0) is 4.79 Å². The highest BCUT2D eigenvalue weighted by molar-refractivity contribution is 6.37. The summed E-state index contributed by atoms with van der Waals surface area (Å²) in [5.74, 6) is -2.84. The Morgan fingerprint density at radius 1 is 0.919 bits per heavy atom. The summed E-state index contributed by atoms with van der Waals surface area (Å²) < 4.78 is 0. The number of imide groups is 1. The Morgan fingerprint density at radius 2 is 1.59 bits per heavy atom. The first kappa shape index (κ1) is 23.4. The minimum absolute atomic E-state index is 0.0269. The van der Waals surface area contributed by atoms with Gasteiger partial charge in [-0.3, -0.25) is 24.5 Å². The standard InChI is InChI=1S/C27H17N3O7/c1-14(31)28-17-8-10-18(11-9-17)29-25(32)20-7-3-6-19-23(15-4-2-5-16(12-15)27(34)35)22(30(36)37)13-21(24(19)20)26(29)33/h2-13H,1H3,(H,28,31)(H,34,35). The molecule has 2 N–H and O–H groups in total. The number of hydrogen-bond acceptors (Lipinski definition) is 6. The van der Waals surface area contributed by atoms with E-state index in [1.54, 1.807) is 18.2 Å². The molecule has 0 unspecified atom stereocenters. The minimum atomic E-state index is -1.20. The first-order valence-electron chi connectivity index (χ1n) is 11.0. The van der Waals surface area contributed by atoms with Gasteiger partial charge in [0.05, 0.1) is 27.3 Å². The van der Waals surface area contributed by atoms with Gasteiger partial charge >= 0.3 is 5.97 Å². The molecule has 1 aliphatic rings. The van der Waals surface area contributed by atoms with Crippen LogP contribution in [0.4, 0.5) is 17.1 Å². The molecule has 0 saturated carbocycles. The summed E-state index contributed by atoms with van der Waals surface area (Å²) in [6, 6.07) is 17.5. The van der Waals surface area contributed by atoms with Gasteiger partial charge in [-0.1, -0.05) is 24.3 Å². The zero-order chi connectivity index (χ0) is 26.4. The van der Waals surface area contributed by atoms with E-state index in [2.05, 4.69) is 5.32 Å². The average Bonchev–Trinajstić information content (AvgIpc) is 2.87. The van der Waals surface area contributed by atoms with Crippen LogP contribution in [0.1, 0.15) is 38.0 Å². The van der Waals surface area contributed by atoms with Crippen molar-refractivity contribution < 1.29 is 29.2 Å². The lowest BCUT2D eigenvalue weighted by Crippen LogP contribution is -2.40. The molecule has 4 aromatic rings. The first-order chi connectivity index (χ1) is 17.7. The second-order valence-corrected chi connectivity index (χ2v) is 8.36. The molecule has 3 amide bonds. The highest BCUT2D eigenvalue weighted by Gasteiger charge is 2.37. The van der Waals surface area contributed by atoms with E-state index in [0.717, 1.165) is 11.0 Å². The number of amides is 3. The highest BCUT2D eigenvalue weighted by atomic mass is 16.6. The van der Waals surface area contributed by atoms with Crippen molar-refractivity contribution in [3.05, 3.63) is 99.6 Å². The molecule has 1 heterocycles. The second-order valence-electron chi connectivity index (χ2n) is 8.36. The maximum absolute atomic E-state index is 13.6. The SMILES string of the molecule is CC(=O)Nc1ccc(N2C(=O)c3cccc4c(-c5cccc(C(=O)O)c5)c([N+](=O)[O-])cc(c34)C2=O)cc1. The predicted molar refractivity (Wildman–Crippen MR) is 135 cm³/mol. The molecule has 0 aliphatic carbocycles. The Bertz CT molecular complexity index is 1680. The van der Waals surface area contributed by atoms with Crippen molar-refractivity contribution >= 4 is 51.5 Å². The van der Waals surface area contributed by atoms with Crippen molar-refractivity contribution in [1.82, 2.24) is 0 Å². The third-order valence-corrected chi connectivity index (χ3v) is 6.05. The summed E-state index contributed by atoms with van der Waals surface area (Å²) in [5, 5.41) is 24.7. The van der Waals surface area contributed by atoms with Gasteiger partial charge in [0.15, 0.2) is 0 Å². The normalized spacial score (nSPS) is 12.5. The van der Waals surface area contributed by atoms with Gasteiger partial charge in [-0.2, -0.15) is 0 Å². The van der Waals surface area contributed by atoms with Crippen LogP contribution in [0.2, 0.25) is 0 Å². The maximum Gasteiger partial charge on any atom is 0.335 e. The summed E-state index contributed by atoms with van der Waals surface area (Å²) in [7, 11) is 0. The minimum Gasteiger partial charge on any atom is -0.478 e. The number of hydrogen-bond donors (Lipinski definition) is 2. The maximum atomic E-state index is 13.6. The van der Waals surface area contributed by atoms with Crippen molar-refractivity contribution in [3.8, 4) is 11.1 Å². The van der Waals surface area contributed by atoms with Crippen LogP contribution in [0, 0.1) is 10.1 Å². The van der Waals surface area contributed by atoms with Gasteiger partial charge in [0.2, 0.25) is 5.91 Å². The summed E-state index contributed by atoms with van der Waals surface area (Å²) >= 11 is 0. The van der Waals surface area contributed by atoms with E-state index >= 15 is 0 Å². The van der Waals surface area contributed by atoms with Gasteiger partial charge in [-0.25, -0.2) is 9.69 Å². The predicted octanol–water partition coefficient (Wildman–Crippen LogP) is 4.87. The molecule has 4 aromatic carbocycles. The van der Waals surface area contributed by atoms with Gasteiger partial charge in [-0.15, -0.1) is 0 Å². The Morgan fingerprint density at radius 3 is 2.24 bits per heavy atom. The zero-order valence-corrected chi connectivity index (χ0v) is 19.2. The topological polar surface area (TPSA) is 147 Å².